The molecule has 1 aromatic rings. The lowest BCUT2D eigenvalue weighted by molar-refractivity contribution is 0.579. The normalized spacial score (nSPS) is 16.2. The average Bonchev–Trinajstić information content (AvgIpc) is 2.98. The van der Waals surface area contributed by atoms with Crippen LogP contribution < -0.4 is 4.72 Å². The van der Waals surface area contributed by atoms with Crippen LogP contribution in [0.4, 0.5) is 0 Å². The standard InChI is InChI=1S/C13H19NO2S/c1-8-7-9(2)11(4)13(10(8)3)17(15,16)14-12-5-6-12/h7,12,14H,5-6H2,1-4H3. The molecule has 0 bridgehead atoms. The topological polar surface area (TPSA) is 46.2 Å². The second-order valence-corrected chi connectivity index (χ2v) is 6.64. The van der Waals surface area contributed by atoms with Gasteiger partial charge in [0.15, 0.2) is 0 Å². The molecule has 0 unspecified atom stereocenters. The molecular formula is C13H19NO2S. The van der Waals surface area contributed by atoms with Gasteiger partial charge < -0.3 is 0 Å². The van der Waals surface area contributed by atoms with Crippen molar-refractivity contribution in [3.63, 3.8) is 0 Å². The van der Waals surface area contributed by atoms with E-state index in [4.69, 9.17) is 0 Å². The molecule has 17 heavy (non-hydrogen) atoms. The zero-order chi connectivity index (χ0) is 12.8. The summed E-state index contributed by atoms with van der Waals surface area (Å²) >= 11 is 0. The molecule has 3 nitrogen and oxygen atoms in total. The molecule has 4 heteroatoms. The number of aryl methyl sites for hydroxylation is 2. The van der Waals surface area contributed by atoms with Gasteiger partial charge in [0.25, 0.3) is 0 Å². The molecule has 1 saturated carbocycles. The van der Waals surface area contributed by atoms with Crippen molar-refractivity contribution >= 4 is 10.0 Å². The number of hydrogen-bond donors (Lipinski definition) is 1. The minimum atomic E-state index is -3.35. The summed E-state index contributed by atoms with van der Waals surface area (Å²) in [6.45, 7) is 7.67. The van der Waals surface area contributed by atoms with Gasteiger partial charge in [0, 0.05) is 6.04 Å². The molecule has 0 aromatic heterocycles. The first-order valence-corrected chi connectivity index (χ1v) is 7.41. The van der Waals surface area contributed by atoms with Crippen molar-refractivity contribution in [2.45, 2.75) is 51.5 Å². The molecule has 94 valence electrons. The first kappa shape index (κ1) is 12.6. The van der Waals surface area contributed by atoms with Crippen molar-refractivity contribution in [3.05, 3.63) is 28.3 Å². The number of rotatable bonds is 3. The third kappa shape index (κ3) is 2.38. The first-order chi connectivity index (χ1) is 7.83. The van der Waals surface area contributed by atoms with Crippen LogP contribution in [-0.2, 0) is 10.0 Å². The minimum Gasteiger partial charge on any atom is -0.208 e. The lowest BCUT2D eigenvalue weighted by Gasteiger charge is -2.15. The van der Waals surface area contributed by atoms with Crippen molar-refractivity contribution in [2.24, 2.45) is 0 Å². The maximum absolute atomic E-state index is 12.3. The largest absolute Gasteiger partial charge is 0.241 e. The third-order valence-corrected chi connectivity index (χ3v) is 5.26. The van der Waals surface area contributed by atoms with Crippen LogP contribution in [0.15, 0.2) is 11.0 Å². The summed E-state index contributed by atoms with van der Waals surface area (Å²) in [6, 6.07) is 2.19. The van der Waals surface area contributed by atoms with Crippen LogP contribution >= 0.6 is 0 Å². The fourth-order valence-corrected chi connectivity index (χ4v) is 3.98. The predicted molar refractivity (Wildman–Crippen MR) is 68.7 cm³/mol. The van der Waals surface area contributed by atoms with Gasteiger partial charge in [-0.15, -0.1) is 0 Å². The van der Waals surface area contributed by atoms with Crippen molar-refractivity contribution < 1.29 is 8.42 Å². The van der Waals surface area contributed by atoms with Gasteiger partial charge in [-0.1, -0.05) is 6.07 Å². The molecule has 1 aromatic carbocycles. The molecule has 0 saturated heterocycles. The second-order valence-electron chi connectivity index (χ2n) is 4.99. The summed E-state index contributed by atoms with van der Waals surface area (Å²) in [5, 5.41) is 0. The Balaban J connectivity index is 2.57. The van der Waals surface area contributed by atoms with Crippen LogP contribution in [0.5, 0.6) is 0 Å². The molecule has 1 N–H and O–H groups in total. The average molecular weight is 253 g/mol. The number of hydrogen-bond acceptors (Lipinski definition) is 2. The van der Waals surface area contributed by atoms with Gasteiger partial charge >= 0.3 is 0 Å². The molecular weight excluding hydrogens is 234 g/mol. The Morgan fingerprint density at radius 3 is 1.94 bits per heavy atom. The summed E-state index contributed by atoms with van der Waals surface area (Å²) < 4.78 is 27.4. The van der Waals surface area contributed by atoms with Gasteiger partial charge in [-0.25, -0.2) is 13.1 Å². The highest BCUT2D eigenvalue weighted by molar-refractivity contribution is 7.89. The quantitative estimate of drug-likeness (QED) is 0.899. The van der Waals surface area contributed by atoms with Gasteiger partial charge in [-0.2, -0.15) is 0 Å². The van der Waals surface area contributed by atoms with Crippen molar-refractivity contribution in [1.29, 1.82) is 0 Å². The Morgan fingerprint density at radius 1 is 1.06 bits per heavy atom. The zero-order valence-electron chi connectivity index (χ0n) is 10.8. The third-order valence-electron chi connectivity index (χ3n) is 3.47. The molecule has 2 rings (SSSR count). The number of nitrogens with one attached hydrogen (secondary N) is 1. The molecule has 1 fully saturated rings. The molecule has 0 spiro atoms. The fourth-order valence-electron chi connectivity index (χ4n) is 2.06. The van der Waals surface area contributed by atoms with E-state index < -0.39 is 10.0 Å². The van der Waals surface area contributed by atoms with Gasteiger partial charge in [0.1, 0.15) is 0 Å². The highest BCUT2D eigenvalue weighted by Crippen LogP contribution is 2.28. The van der Waals surface area contributed by atoms with E-state index in [1.807, 2.05) is 33.8 Å². The van der Waals surface area contributed by atoms with Gasteiger partial charge in [-0.3, -0.25) is 0 Å². The van der Waals surface area contributed by atoms with Crippen molar-refractivity contribution in [1.82, 2.24) is 4.72 Å². The number of sulfonamides is 1. The van der Waals surface area contributed by atoms with Crippen molar-refractivity contribution in [2.75, 3.05) is 0 Å². The van der Waals surface area contributed by atoms with Crippen LogP contribution in [0, 0.1) is 27.7 Å². The Hall–Kier alpha value is -0.870. The van der Waals surface area contributed by atoms with E-state index in [-0.39, 0.29) is 6.04 Å². The Kier molecular flexibility index (Phi) is 3.04. The molecule has 0 atom stereocenters. The van der Waals surface area contributed by atoms with Gasteiger partial charge in [0.2, 0.25) is 10.0 Å². The minimum absolute atomic E-state index is 0.152. The van der Waals surface area contributed by atoms with Crippen LogP contribution in [0.25, 0.3) is 0 Å². The van der Waals surface area contributed by atoms with E-state index in [0.717, 1.165) is 35.1 Å². The smallest absolute Gasteiger partial charge is 0.208 e. The van der Waals surface area contributed by atoms with Crippen LogP contribution in [-0.4, -0.2) is 14.5 Å². The van der Waals surface area contributed by atoms with E-state index in [9.17, 15) is 8.42 Å². The van der Waals surface area contributed by atoms with E-state index in [1.165, 1.54) is 0 Å². The monoisotopic (exact) mass is 253 g/mol. The van der Waals surface area contributed by atoms with E-state index >= 15 is 0 Å². The highest BCUT2D eigenvalue weighted by atomic mass is 32.2. The van der Waals surface area contributed by atoms with Gasteiger partial charge in [-0.05, 0) is 62.8 Å². The summed E-state index contributed by atoms with van der Waals surface area (Å²) in [5.74, 6) is 0. The summed E-state index contributed by atoms with van der Waals surface area (Å²) in [6.07, 6.45) is 1.92. The van der Waals surface area contributed by atoms with Crippen LogP contribution in [0.1, 0.15) is 35.1 Å². The molecule has 0 heterocycles. The second kappa shape index (κ2) is 4.10. The predicted octanol–water partition coefficient (Wildman–Crippen LogP) is 2.36. The van der Waals surface area contributed by atoms with E-state index in [2.05, 4.69) is 4.72 Å². The maximum Gasteiger partial charge on any atom is 0.241 e. The zero-order valence-corrected chi connectivity index (χ0v) is 11.6. The lowest BCUT2D eigenvalue weighted by Crippen LogP contribution is -2.27. The van der Waals surface area contributed by atoms with E-state index in [0.29, 0.717) is 4.90 Å². The Bertz CT molecular complexity index is 531. The SMILES string of the molecule is Cc1cc(C)c(C)c(S(=O)(=O)NC2CC2)c1C. The molecule has 1 aliphatic rings. The van der Waals surface area contributed by atoms with Gasteiger partial charge in [0.05, 0.1) is 4.90 Å². The Morgan fingerprint density at radius 2 is 1.53 bits per heavy atom. The van der Waals surface area contributed by atoms with Crippen molar-refractivity contribution in [3.8, 4) is 0 Å². The molecule has 0 amide bonds. The molecule has 1 aliphatic carbocycles. The maximum atomic E-state index is 12.3. The number of benzene rings is 1. The summed E-state index contributed by atoms with van der Waals surface area (Å²) in [4.78, 5) is 0.474. The highest BCUT2D eigenvalue weighted by Gasteiger charge is 2.30. The molecule has 0 aliphatic heterocycles. The van der Waals surface area contributed by atoms with Crippen LogP contribution in [0.2, 0.25) is 0 Å². The summed E-state index contributed by atoms with van der Waals surface area (Å²) in [5.41, 5.74) is 3.79. The fraction of sp³-hybridized carbons (Fsp3) is 0.538. The first-order valence-electron chi connectivity index (χ1n) is 5.92. The van der Waals surface area contributed by atoms with Crippen LogP contribution in [0.3, 0.4) is 0 Å². The van der Waals surface area contributed by atoms with E-state index in [1.54, 1.807) is 0 Å². The molecule has 0 radical (unpaired) electrons. The summed E-state index contributed by atoms with van der Waals surface area (Å²) in [7, 11) is -3.35. The lowest BCUT2D eigenvalue weighted by atomic mass is 10.0. The Labute approximate surface area is 103 Å².